The maximum Gasteiger partial charge on any atom is 0.290 e. The van der Waals surface area contributed by atoms with E-state index in [0.29, 0.717) is 24.6 Å². The predicted molar refractivity (Wildman–Crippen MR) is 77.3 cm³/mol. The van der Waals surface area contributed by atoms with Crippen LogP contribution in [0.5, 0.6) is 0 Å². The number of aryl methyl sites for hydroxylation is 1. The van der Waals surface area contributed by atoms with Gasteiger partial charge in [0.1, 0.15) is 11.5 Å². The van der Waals surface area contributed by atoms with Gasteiger partial charge >= 0.3 is 0 Å². The minimum Gasteiger partial charge on any atom is -0.366 e. The summed E-state index contributed by atoms with van der Waals surface area (Å²) in [6.45, 7) is 2.76. The molecule has 0 bridgehead atoms. The summed E-state index contributed by atoms with van der Waals surface area (Å²) in [5.41, 5.74) is 8.15. The van der Waals surface area contributed by atoms with Crippen molar-refractivity contribution >= 4 is 11.5 Å². The minimum atomic E-state index is -0.433. The molecule has 1 aromatic heterocycles. The van der Waals surface area contributed by atoms with Gasteiger partial charge in [-0.15, -0.1) is 0 Å². The molecule has 20 heavy (non-hydrogen) atoms. The fourth-order valence-corrected chi connectivity index (χ4v) is 1.83. The van der Waals surface area contributed by atoms with Gasteiger partial charge in [0.05, 0.1) is 4.92 Å². The maximum absolute atomic E-state index is 10.7. The van der Waals surface area contributed by atoms with E-state index < -0.39 is 4.92 Å². The first-order chi connectivity index (χ1) is 9.60. The summed E-state index contributed by atoms with van der Waals surface area (Å²) in [4.78, 5) is 14.4. The van der Waals surface area contributed by atoms with Crippen molar-refractivity contribution in [1.82, 2.24) is 4.98 Å². The van der Waals surface area contributed by atoms with Gasteiger partial charge in [0.15, 0.2) is 0 Å². The lowest BCUT2D eigenvalue weighted by Gasteiger charge is -2.07. The number of hydrogen-bond acceptors (Lipinski definition) is 5. The van der Waals surface area contributed by atoms with Gasteiger partial charge in [-0.25, -0.2) is 4.98 Å². The first-order valence-corrected chi connectivity index (χ1v) is 6.24. The highest BCUT2D eigenvalue weighted by molar-refractivity contribution is 5.45. The standard InChI is InChI=1S/C14H16N4O2/c1-10-13(18(19)20)6-7-14(17-10)16-9-12-4-2-11(8-15)3-5-12/h2-7H,8-9,15H2,1H3,(H,16,17). The topological polar surface area (TPSA) is 94.1 Å². The Morgan fingerprint density at radius 2 is 1.85 bits per heavy atom. The second-order valence-corrected chi connectivity index (χ2v) is 4.43. The molecule has 0 saturated carbocycles. The van der Waals surface area contributed by atoms with E-state index in [9.17, 15) is 10.1 Å². The molecule has 0 fully saturated rings. The summed E-state index contributed by atoms with van der Waals surface area (Å²) in [5, 5.41) is 13.8. The molecule has 0 saturated heterocycles. The van der Waals surface area contributed by atoms with Crippen molar-refractivity contribution in [3.8, 4) is 0 Å². The number of benzene rings is 1. The van der Waals surface area contributed by atoms with Gasteiger partial charge in [0.25, 0.3) is 5.69 Å². The molecule has 2 rings (SSSR count). The Balaban J connectivity index is 2.03. The summed E-state index contributed by atoms with van der Waals surface area (Å²) < 4.78 is 0. The summed E-state index contributed by atoms with van der Waals surface area (Å²) in [5.74, 6) is 0.621. The molecule has 0 aliphatic heterocycles. The summed E-state index contributed by atoms with van der Waals surface area (Å²) in [6, 6.07) is 11.0. The van der Waals surface area contributed by atoms with Crippen LogP contribution in [0.4, 0.5) is 11.5 Å². The van der Waals surface area contributed by atoms with Crippen molar-refractivity contribution in [2.75, 3.05) is 5.32 Å². The van der Waals surface area contributed by atoms with E-state index in [-0.39, 0.29) is 5.69 Å². The Hall–Kier alpha value is -2.47. The third-order valence-electron chi connectivity index (χ3n) is 2.99. The monoisotopic (exact) mass is 272 g/mol. The first kappa shape index (κ1) is 14.0. The van der Waals surface area contributed by atoms with Gasteiger partial charge in [-0.2, -0.15) is 0 Å². The highest BCUT2D eigenvalue weighted by Crippen LogP contribution is 2.18. The Morgan fingerprint density at radius 1 is 1.20 bits per heavy atom. The van der Waals surface area contributed by atoms with Crippen molar-refractivity contribution in [2.45, 2.75) is 20.0 Å². The van der Waals surface area contributed by atoms with E-state index in [2.05, 4.69) is 10.3 Å². The number of rotatable bonds is 5. The first-order valence-electron chi connectivity index (χ1n) is 6.24. The number of nitrogens with one attached hydrogen (secondary N) is 1. The molecule has 0 aliphatic carbocycles. The quantitative estimate of drug-likeness (QED) is 0.643. The molecule has 1 heterocycles. The molecule has 0 aliphatic rings. The van der Waals surface area contributed by atoms with Gasteiger partial charge in [-0.1, -0.05) is 24.3 Å². The van der Waals surface area contributed by atoms with E-state index in [1.807, 2.05) is 24.3 Å². The van der Waals surface area contributed by atoms with Crippen molar-refractivity contribution < 1.29 is 4.92 Å². The highest BCUT2D eigenvalue weighted by atomic mass is 16.6. The van der Waals surface area contributed by atoms with Gasteiger partial charge in [0.2, 0.25) is 0 Å². The van der Waals surface area contributed by atoms with Crippen LogP contribution in [0, 0.1) is 17.0 Å². The molecular formula is C14H16N4O2. The van der Waals surface area contributed by atoms with E-state index in [1.54, 1.807) is 13.0 Å². The average Bonchev–Trinajstić information content (AvgIpc) is 2.45. The maximum atomic E-state index is 10.7. The lowest BCUT2D eigenvalue weighted by Crippen LogP contribution is -2.04. The van der Waals surface area contributed by atoms with Crippen LogP contribution in [-0.2, 0) is 13.1 Å². The summed E-state index contributed by atoms with van der Waals surface area (Å²) in [6.07, 6.45) is 0. The molecule has 0 atom stereocenters. The van der Waals surface area contributed by atoms with Crippen LogP contribution in [0.1, 0.15) is 16.8 Å². The number of hydrogen-bond donors (Lipinski definition) is 2. The Labute approximate surface area is 116 Å². The zero-order valence-corrected chi connectivity index (χ0v) is 11.2. The third kappa shape index (κ3) is 3.30. The lowest BCUT2D eigenvalue weighted by molar-refractivity contribution is -0.385. The number of aromatic nitrogens is 1. The minimum absolute atomic E-state index is 0.0304. The number of nitro groups is 1. The number of nitrogens with two attached hydrogens (primary N) is 1. The fraction of sp³-hybridized carbons (Fsp3) is 0.214. The number of nitrogens with zero attached hydrogens (tertiary/aromatic N) is 2. The normalized spacial score (nSPS) is 10.3. The molecule has 3 N–H and O–H groups in total. The average molecular weight is 272 g/mol. The summed E-state index contributed by atoms with van der Waals surface area (Å²) in [7, 11) is 0. The molecule has 0 amide bonds. The van der Waals surface area contributed by atoms with Crippen LogP contribution in [0.25, 0.3) is 0 Å². The van der Waals surface area contributed by atoms with Crippen LogP contribution in [0.3, 0.4) is 0 Å². The molecule has 6 heteroatoms. The molecular weight excluding hydrogens is 256 g/mol. The molecule has 0 spiro atoms. The van der Waals surface area contributed by atoms with Crippen molar-refractivity contribution in [1.29, 1.82) is 0 Å². The van der Waals surface area contributed by atoms with Gasteiger partial charge < -0.3 is 11.1 Å². The zero-order chi connectivity index (χ0) is 14.5. The predicted octanol–water partition coefficient (Wildman–Crippen LogP) is 2.37. The van der Waals surface area contributed by atoms with E-state index in [1.165, 1.54) is 6.07 Å². The lowest BCUT2D eigenvalue weighted by atomic mass is 10.1. The molecule has 1 aromatic carbocycles. The number of pyridine rings is 1. The fourth-order valence-electron chi connectivity index (χ4n) is 1.83. The number of anilines is 1. The second kappa shape index (κ2) is 6.12. The van der Waals surface area contributed by atoms with Crippen LogP contribution >= 0.6 is 0 Å². The Kier molecular flexibility index (Phi) is 4.27. The van der Waals surface area contributed by atoms with Crippen molar-refractivity contribution in [2.24, 2.45) is 5.73 Å². The Bertz CT molecular complexity index is 611. The third-order valence-corrected chi connectivity index (χ3v) is 2.99. The smallest absolute Gasteiger partial charge is 0.290 e. The van der Waals surface area contributed by atoms with Crippen LogP contribution in [-0.4, -0.2) is 9.91 Å². The van der Waals surface area contributed by atoms with Crippen molar-refractivity contribution in [3.63, 3.8) is 0 Å². The van der Waals surface area contributed by atoms with Crippen LogP contribution < -0.4 is 11.1 Å². The van der Waals surface area contributed by atoms with Gasteiger partial charge in [0, 0.05) is 19.2 Å². The van der Waals surface area contributed by atoms with Gasteiger partial charge in [-0.3, -0.25) is 10.1 Å². The summed E-state index contributed by atoms with van der Waals surface area (Å²) >= 11 is 0. The molecule has 104 valence electrons. The van der Waals surface area contributed by atoms with Gasteiger partial charge in [-0.05, 0) is 24.1 Å². The second-order valence-electron chi connectivity index (χ2n) is 4.43. The van der Waals surface area contributed by atoms with Crippen LogP contribution in [0.15, 0.2) is 36.4 Å². The largest absolute Gasteiger partial charge is 0.366 e. The molecule has 0 radical (unpaired) electrons. The molecule has 6 nitrogen and oxygen atoms in total. The molecule has 2 aromatic rings. The van der Waals surface area contributed by atoms with Crippen LogP contribution in [0.2, 0.25) is 0 Å². The van der Waals surface area contributed by atoms with E-state index in [4.69, 9.17) is 5.73 Å². The Morgan fingerprint density at radius 3 is 2.40 bits per heavy atom. The zero-order valence-electron chi connectivity index (χ0n) is 11.2. The molecule has 0 unspecified atom stereocenters. The highest BCUT2D eigenvalue weighted by Gasteiger charge is 2.11. The van der Waals surface area contributed by atoms with E-state index >= 15 is 0 Å². The van der Waals surface area contributed by atoms with Crippen molar-refractivity contribution in [3.05, 3.63) is 63.3 Å². The SMILES string of the molecule is Cc1nc(NCc2ccc(CN)cc2)ccc1[N+](=O)[O-]. The van der Waals surface area contributed by atoms with E-state index in [0.717, 1.165) is 11.1 Å².